The third-order valence-electron chi connectivity index (χ3n) is 3.07. The molecule has 6 nitrogen and oxygen atoms in total. The molecule has 118 valence electrons. The molecule has 0 atom stereocenters. The van der Waals surface area contributed by atoms with E-state index in [1.165, 1.54) is 18.3 Å². The van der Waals surface area contributed by atoms with Gasteiger partial charge in [0.15, 0.2) is 5.65 Å². The van der Waals surface area contributed by atoms with Crippen LogP contribution in [0.2, 0.25) is 0 Å². The number of aromatic carboxylic acids is 1. The predicted molar refractivity (Wildman–Crippen MR) is 72.6 cm³/mol. The summed E-state index contributed by atoms with van der Waals surface area (Å²) in [5.74, 6) is -1.83. The number of carbonyl (C=O) groups is 1. The van der Waals surface area contributed by atoms with Crippen LogP contribution in [0.25, 0.3) is 16.6 Å². The molecule has 0 spiro atoms. The fourth-order valence-corrected chi connectivity index (χ4v) is 2.17. The lowest BCUT2D eigenvalue weighted by atomic mass is 10.2. The van der Waals surface area contributed by atoms with Crippen molar-refractivity contribution in [3.63, 3.8) is 0 Å². The third-order valence-corrected chi connectivity index (χ3v) is 3.07. The first-order valence-corrected chi connectivity index (χ1v) is 6.20. The molecule has 0 amide bonds. The summed E-state index contributed by atoms with van der Waals surface area (Å²) in [6.45, 7) is 0. The van der Waals surface area contributed by atoms with Gasteiger partial charge in [0.05, 0.1) is 10.9 Å². The van der Waals surface area contributed by atoms with Gasteiger partial charge < -0.3 is 9.84 Å². The second-order valence-electron chi connectivity index (χ2n) is 4.56. The number of pyridine rings is 1. The van der Waals surface area contributed by atoms with Gasteiger partial charge in [-0.1, -0.05) is 0 Å². The SMILES string of the molecule is O=C(O)c1cccn2c(=O)c3cc(OC(F)(F)F)ccc3nc12. The van der Waals surface area contributed by atoms with E-state index in [2.05, 4.69) is 9.72 Å². The monoisotopic (exact) mass is 324 g/mol. The molecule has 0 radical (unpaired) electrons. The van der Waals surface area contributed by atoms with Gasteiger partial charge in [0.25, 0.3) is 5.56 Å². The Morgan fingerprint density at radius 2 is 2.00 bits per heavy atom. The number of halogens is 3. The summed E-state index contributed by atoms with van der Waals surface area (Å²) in [4.78, 5) is 27.6. The van der Waals surface area contributed by atoms with Crippen molar-refractivity contribution in [3.8, 4) is 5.75 Å². The molecule has 0 saturated heterocycles. The number of hydrogen-bond acceptors (Lipinski definition) is 4. The third kappa shape index (κ3) is 2.68. The average molecular weight is 324 g/mol. The van der Waals surface area contributed by atoms with Crippen LogP contribution in [0.3, 0.4) is 0 Å². The van der Waals surface area contributed by atoms with Gasteiger partial charge in [-0.15, -0.1) is 13.2 Å². The van der Waals surface area contributed by atoms with Crippen molar-refractivity contribution in [2.24, 2.45) is 0 Å². The van der Waals surface area contributed by atoms with Crippen molar-refractivity contribution in [1.82, 2.24) is 9.38 Å². The molecule has 3 aromatic rings. The highest BCUT2D eigenvalue weighted by Gasteiger charge is 2.31. The number of alkyl halides is 3. The molecule has 0 aliphatic rings. The largest absolute Gasteiger partial charge is 0.573 e. The van der Waals surface area contributed by atoms with Crippen molar-refractivity contribution in [3.05, 3.63) is 52.4 Å². The Labute approximate surface area is 125 Å². The summed E-state index contributed by atoms with van der Waals surface area (Å²) >= 11 is 0. The zero-order valence-corrected chi connectivity index (χ0v) is 11.2. The smallest absolute Gasteiger partial charge is 0.478 e. The standard InChI is InChI=1S/C14H7F3N2O4/c15-14(16,17)23-7-3-4-10-9(6-7)12(20)19-5-1-2-8(13(21)22)11(19)18-10/h1-6H,(H,21,22). The fourth-order valence-electron chi connectivity index (χ4n) is 2.17. The zero-order chi connectivity index (χ0) is 16.8. The van der Waals surface area contributed by atoms with E-state index >= 15 is 0 Å². The van der Waals surface area contributed by atoms with E-state index in [1.807, 2.05) is 0 Å². The number of aromatic nitrogens is 2. The zero-order valence-electron chi connectivity index (χ0n) is 11.2. The van der Waals surface area contributed by atoms with Crippen LogP contribution in [-0.2, 0) is 0 Å². The van der Waals surface area contributed by atoms with Crippen molar-refractivity contribution in [1.29, 1.82) is 0 Å². The highest BCUT2D eigenvalue weighted by atomic mass is 19.4. The molecular weight excluding hydrogens is 317 g/mol. The Kier molecular flexibility index (Phi) is 3.20. The van der Waals surface area contributed by atoms with Gasteiger partial charge in [-0.05, 0) is 30.3 Å². The maximum absolute atomic E-state index is 12.4. The maximum atomic E-state index is 12.4. The second-order valence-corrected chi connectivity index (χ2v) is 4.56. The lowest BCUT2D eigenvalue weighted by Crippen LogP contribution is -2.19. The van der Waals surface area contributed by atoms with E-state index in [9.17, 15) is 22.8 Å². The van der Waals surface area contributed by atoms with E-state index < -0.39 is 23.6 Å². The Bertz CT molecular complexity index is 995. The molecule has 23 heavy (non-hydrogen) atoms. The minimum absolute atomic E-state index is 0.0678. The second kappa shape index (κ2) is 4.97. The van der Waals surface area contributed by atoms with E-state index in [1.54, 1.807) is 0 Å². The molecule has 0 saturated carbocycles. The van der Waals surface area contributed by atoms with Crippen LogP contribution in [0.4, 0.5) is 13.2 Å². The average Bonchev–Trinajstić information content (AvgIpc) is 2.46. The van der Waals surface area contributed by atoms with E-state index in [4.69, 9.17) is 5.11 Å². The van der Waals surface area contributed by atoms with Crippen LogP contribution in [0, 0.1) is 0 Å². The maximum Gasteiger partial charge on any atom is 0.573 e. The number of carboxylic acids is 1. The number of carboxylic acid groups (broad SMARTS) is 1. The number of benzene rings is 1. The Morgan fingerprint density at radius 1 is 1.26 bits per heavy atom. The van der Waals surface area contributed by atoms with Crippen molar-refractivity contribution >= 4 is 22.5 Å². The molecule has 9 heteroatoms. The molecular formula is C14H7F3N2O4. The highest BCUT2D eigenvalue weighted by molar-refractivity contribution is 5.95. The molecule has 3 rings (SSSR count). The lowest BCUT2D eigenvalue weighted by molar-refractivity contribution is -0.274. The first-order valence-electron chi connectivity index (χ1n) is 6.20. The van der Waals surface area contributed by atoms with Gasteiger partial charge in [0.1, 0.15) is 11.3 Å². The van der Waals surface area contributed by atoms with Crippen LogP contribution >= 0.6 is 0 Å². The van der Waals surface area contributed by atoms with Gasteiger partial charge in [0.2, 0.25) is 0 Å². The molecule has 0 unspecified atom stereocenters. The number of rotatable bonds is 2. The number of ether oxygens (including phenoxy) is 1. The highest BCUT2D eigenvalue weighted by Crippen LogP contribution is 2.25. The Hall–Kier alpha value is -3.10. The topological polar surface area (TPSA) is 80.9 Å². The van der Waals surface area contributed by atoms with Gasteiger partial charge in [0, 0.05) is 6.20 Å². The Balaban J connectivity index is 2.31. The van der Waals surface area contributed by atoms with Gasteiger partial charge in [-0.25, -0.2) is 9.78 Å². The number of fused-ring (bicyclic) bond motifs is 2. The molecule has 1 N–H and O–H groups in total. The number of hydrogen-bond donors (Lipinski definition) is 1. The van der Waals surface area contributed by atoms with Crippen LogP contribution in [-0.4, -0.2) is 26.8 Å². The van der Waals surface area contributed by atoms with Crippen LogP contribution in [0.5, 0.6) is 5.75 Å². The number of nitrogens with zero attached hydrogens (tertiary/aromatic N) is 2. The lowest BCUT2D eigenvalue weighted by Gasteiger charge is -2.10. The minimum atomic E-state index is -4.88. The van der Waals surface area contributed by atoms with E-state index in [0.29, 0.717) is 0 Å². The van der Waals surface area contributed by atoms with Crippen molar-refractivity contribution < 1.29 is 27.8 Å². The fraction of sp³-hybridized carbons (Fsp3) is 0.0714. The minimum Gasteiger partial charge on any atom is -0.478 e. The van der Waals surface area contributed by atoms with Crippen molar-refractivity contribution in [2.45, 2.75) is 6.36 Å². The summed E-state index contributed by atoms with van der Waals surface area (Å²) in [7, 11) is 0. The molecule has 0 fully saturated rings. The van der Waals surface area contributed by atoms with Crippen LogP contribution in [0.15, 0.2) is 41.3 Å². The van der Waals surface area contributed by atoms with Gasteiger partial charge in [-0.2, -0.15) is 0 Å². The molecule has 0 aliphatic heterocycles. The summed E-state index contributed by atoms with van der Waals surface area (Å²) in [6.07, 6.45) is -3.60. The van der Waals surface area contributed by atoms with Crippen LogP contribution < -0.4 is 10.3 Å². The molecule has 1 aromatic carbocycles. The van der Waals surface area contributed by atoms with Gasteiger partial charge in [-0.3, -0.25) is 9.20 Å². The molecule has 2 heterocycles. The Morgan fingerprint density at radius 3 is 2.65 bits per heavy atom. The van der Waals surface area contributed by atoms with E-state index in [0.717, 1.165) is 22.6 Å². The molecule has 0 bridgehead atoms. The summed E-state index contributed by atoms with van der Waals surface area (Å²) in [6, 6.07) is 5.69. The summed E-state index contributed by atoms with van der Waals surface area (Å²) in [5.41, 5.74) is -0.914. The van der Waals surface area contributed by atoms with Crippen LogP contribution in [0.1, 0.15) is 10.4 Å². The summed E-state index contributed by atoms with van der Waals surface area (Å²) in [5, 5.41) is 9.00. The normalized spacial score (nSPS) is 11.8. The quantitative estimate of drug-likeness (QED) is 0.732. The molecule has 0 aliphatic carbocycles. The van der Waals surface area contributed by atoms with Crippen molar-refractivity contribution in [2.75, 3.05) is 0 Å². The molecule has 2 aromatic heterocycles. The predicted octanol–water partition coefficient (Wildman–Crippen LogP) is 2.44. The van der Waals surface area contributed by atoms with E-state index in [-0.39, 0.29) is 22.1 Å². The first kappa shape index (κ1) is 14.8. The summed E-state index contributed by atoms with van der Waals surface area (Å²) < 4.78 is 41.5. The first-order chi connectivity index (χ1) is 10.8. The van der Waals surface area contributed by atoms with Gasteiger partial charge >= 0.3 is 12.3 Å².